The molecule has 1 saturated heterocycles. The molecule has 140 valence electrons. The van der Waals surface area contributed by atoms with E-state index in [0.29, 0.717) is 6.04 Å². The number of nitrogens with zero attached hydrogens (tertiary/aromatic N) is 1. The molecular formula is C21H34N2O2. The van der Waals surface area contributed by atoms with Crippen LogP contribution in [0.1, 0.15) is 56.1 Å². The molecular weight excluding hydrogens is 312 g/mol. The molecule has 1 N–H and O–H groups in total. The first kappa shape index (κ1) is 18.7. The minimum absolute atomic E-state index is 0.685. The second-order valence-electron chi connectivity index (χ2n) is 7.46. The minimum Gasteiger partial charge on any atom is -0.496 e. The van der Waals surface area contributed by atoms with Crippen LogP contribution < -0.4 is 10.1 Å². The topological polar surface area (TPSA) is 33.7 Å². The lowest BCUT2D eigenvalue weighted by atomic mass is 9.96. The first-order valence-electron chi connectivity index (χ1n) is 10.0. The lowest BCUT2D eigenvalue weighted by Gasteiger charge is -2.27. The van der Waals surface area contributed by atoms with E-state index in [1.807, 2.05) is 0 Å². The van der Waals surface area contributed by atoms with Gasteiger partial charge in [-0.25, -0.2) is 0 Å². The van der Waals surface area contributed by atoms with Crippen molar-refractivity contribution in [1.29, 1.82) is 0 Å². The summed E-state index contributed by atoms with van der Waals surface area (Å²) in [6.45, 7) is 5.60. The van der Waals surface area contributed by atoms with E-state index in [9.17, 15) is 0 Å². The maximum absolute atomic E-state index is 5.59. The Kier molecular flexibility index (Phi) is 7.58. The predicted molar refractivity (Wildman–Crippen MR) is 102 cm³/mol. The van der Waals surface area contributed by atoms with Gasteiger partial charge in [-0.15, -0.1) is 0 Å². The third-order valence-electron chi connectivity index (χ3n) is 5.54. The first-order valence-corrected chi connectivity index (χ1v) is 10.0. The number of ether oxygens (including phenoxy) is 2. The van der Waals surface area contributed by atoms with Crippen LogP contribution >= 0.6 is 0 Å². The minimum atomic E-state index is 0.685. The molecule has 2 aliphatic rings. The zero-order valence-electron chi connectivity index (χ0n) is 15.8. The normalized spacial score (nSPS) is 20.8. The quantitative estimate of drug-likeness (QED) is 0.851. The van der Waals surface area contributed by atoms with Gasteiger partial charge >= 0.3 is 0 Å². The van der Waals surface area contributed by atoms with Crippen LogP contribution in [0.15, 0.2) is 18.2 Å². The lowest BCUT2D eigenvalue weighted by molar-refractivity contribution is 0.0339. The summed E-state index contributed by atoms with van der Waals surface area (Å²) < 4.78 is 11.0. The molecule has 3 rings (SSSR count). The van der Waals surface area contributed by atoms with Gasteiger partial charge in [-0.3, -0.25) is 4.90 Å². The van der Waals surface area contributed by atoms with Crippen LogP contribution in [0, 0.1) is 0 Å². The van der Waals surface area contributed by atoms with Crippen molar-refractivity contribution in [1.82, 2.24) is 10.2 Å². The Labute approximate surface area is 152 Å². The van der Waals surface area contributed by atoms with Crippen molar-refractivity contribution < 1.29 is 9.47 Å². The summed E-state index contributed by atoms with van der Waals surface area (Å²) in [7, 11) is 1.77. The number of rotatable bonds is 6. The van der Waals surface area contributed by atoms with Crippen LogP contribution in [0.2, 0.25) is 0 Å². The van der Waals surface area contributed by atoms with Crippen LogP contribution in [0.3, 0.4) is 0 Å². The number of morpholine rings is 1. The first-order chi connectivity index (χ1) is 12.3. The fourth-order valence-electron chi connectivity index (χ4n) is 3.99. The summed E-state index contributed by atoms with van der Waals surface area (Å²) in [6.07, 6.45) is 9.66. The maximum atomic E-state index is 5.59. The molecule has 0 unspecified atom stereocenters. The van der Waals surface area contributed by atoms with Crippen molar-refractivity contribution in [2.75, 3.05) is 33.4 Å². The van der Waals surface area contributed by atoms with Crippen LogP contribution in [0.5, 0.6) is 5.75 Å². The highest BCUT2D eigenvalue weighted by Crippen LogP contribution is 2.23. The standard InChI is InChI=1S/C21H34N2O2/c1-24-21-10-9-18(15-19(21)17-23-11-13-25-14-12-23)16-22-20-7-5-3-2-4-6-8-20/h9-10,15,20,22H,2-8,11-14,16-17H2,1H3. The molecule has 0 atom stereocenters. The molecule has 1 aliphatic heterocycles. The third-order valence-corrected chi connectivity index (χ3v) is 5.54. The van der Waals surface area contributed by atoms with Gasteiger partial charge in [0.05, 0.1) is 20.3 Å². The Morgan fingerprint density at radius 2 is 1.80 bits per heavy atom. The molecule has 1 aromatic carbocycles. The summed E-state index contributed by atoms with van der Waals surface area (Å²) in [5.41, 5.74) is 2.66. The fraction of sp³-hybridized carbons (Fsp3) is 0.714. The molecule has 25 heavy (non-hydrogen) atoms. The van der Waals surface area contributed by atoms with E-state index in [1.54, 1.807) is 7.11 Å². The molecule has 0 aromatic heterocycles. The predicted octanol–water partition coefficient (Wildman–Crippen LogP) is 3.73. The van der Waals surface area contributed by atoms with Gasteiger partial charge in [-0.1, -0.05) is 38.2 Å². The molecule has 1 heterocycles. The van der Waals surface area contributed by atoms with Crippen molar-refractivity contribution in [3.05, 3.63) is 29.3 Å². The van der Waals surface area contributed by atoms with Gasteiger partial charge in [-0.2, -0.15) is 0 Å². The third kappa shape index (κ3) is 5.98. The van der Waals surface area contributed by atoms with Gasteiger partial charge in [0.25, 0.3) is 0 Å². The molecule has 2 fully saturated rings. The van der Waals surface area contributed by atoms with Gasteiger partial charge < -0.3 is 14.8 Å². The largest absolute Gasteiger partial charge is 0.496 e. The fourth-order valence-corrected chi connectivity index (χ4v) is 3.99. The van der Waals surface area contributed by atoms with Crippen LogP contribution in [-0.2, 0) is 17.8 Å². The summed E-state index contributed by atoms with van der Waals surface area (Å²) in [4.78, 5) is 2.45. The smallest absolute Gasteiger partial charge is 0.123 e. The molecule has 4 nitrogen and oxygen atoms in total. The second kappa shape index (κ2) is 10.1. The van der Waals surface area contributed by atoms with Gasteiger partial charge in [0.2, 0.25) is 0 Å². The highest BCUT2D eigenvalue weighted by atomic mass is 16.5. The Hall–Kier alpha value is -1.10. The van der Waals surface area contributed by atoms with Crippen LogP contribution in [0.25, 0.3) is 0 Å². The lowest BCUT2D eigenvalue weighted by Crippen LogP contribution is -2.35. The molecule has 0 amide bonds. The van der Waals surface area contributed by atoms with Gasteiger partial charge in [0.15, 0.2) is 0 Å². The number of hydrogen-bond donors (Lipinski definition) is 1. The van der Waals surface area contributed by atoms with Crippen LogP contribution in [0.4, 0.5) is 0 Å². The molecule has 0 spiro atoms. The highest BCUT2D eigenvalue weighted by Gasteiger charge is 2.15. The number of nitrogens with one attached hydrogen (secondary N) is 1. The average molecular weight is 347 g/mol. The Bertz CT molecular complexity index is 507. The molecule has 1 saturated carbocycles. The molecule has 1 aromatic rings. The Balaban J connectivity index is 1.57. The molecule has 1 aliphatic carbocycles. The summed E-state index contributed by atoms with van der Waals surface area (Å²) >= 11 is 0. The van der Waals surface area contributed by atoms with E-state index in [0.717, 1.165) is 45.1 Å². The summed E-state index contributed by atoms with van der Waals surface area (Å²) in [5.74, 6) is 1.00. The van der Waals surface area contributed by atoms with Crippen molar-refractivity contribution in [2.24, 2.45) is 0 Å². The van der Waals surface area contributed by atoms with E-state index in [2.05, 4.69) is 28.4 Å². The summed E-state index contributed by atoms with van der Waals surface area (Å²) in [6, 6.07) is 7.34. The zero-order valence-corrected chi connectivity index (χ0v) is 15.8. The monoisotopic (exact) mass is 346 g/mol. The number of methoxy groups -OCH3 is 1. The van der Waals surface area contributed by atoms with E-state index >= 15 is 0 Å². The van der Waals surface area contributed by atoms with Crippen molar-refractivity contribution in [2.45, 2.75) is 64.1 Å². The molecule has 4 heteroatoms. The molecule has 0 radical (unpaired) electrons. The number of benzene rings is 1. The maximum Gasteiger partial charge on any atom is 0.123 e. The summed E-state index contributed by atoms with van der Waals surface area (Å²) in [5, 5.41) is 3.80. The van der Waals surface area contributed by atoms with Crippen molar-refractivity contribution in [3.63, 3.8) is 0 Å². The second-order valence-corrected chi connectivity index (χ2v) is 7.46. The zero-order chi connectivity index (χ0) is 17.3. The van der Waals surface area contributed by atoms with E-state index in [1.165, 1.54) is 56.1 Å². The van der Waals surface area contributed by atoms with Gasteiger partial charge in [0, 0.05) is 37.8 Å². The van der Waals surface area contributed by atoms with Crippen LogP contribution in [-0.4, -0.2) is 44.4 Å². The van der Waals surface area contributed by atoms with E-state index in [-0.39, 0.29) is 0 Å². The van der Waals surface area contributed by atoms with Gasteiger partial charge in [0.1, 0.15) is 5.75 Å². The van der Waals surface area contributed by atoms with Gasteiger partial charge in [-0.05, 0) is 30.5 Å². The average Bonchev–Trinajstić information content (AvgIpc) is 2.62. The van der Waals surface area contributed by atoms with E-state index < -0.39 is 0 Å². The Morgan fingerprint density at radius 3 is 2.52 bits per heavy atom. The SMILES string of the molecule is COc1ccc(CNC2CCCCCCC2)cc1CN1CCOCC1. The van der Waals surface area contributed by atoms with E-state index in [4.69, 9.17) is 9.47 Å². The van der Waals surface area contributed by atoms with Crippen molar-refractivity contribution in [3.8, 4) is 5.75 Å². The van der Waals surface area contributed by atoms with Crippen molar-refractivity contribution >= 4 is 0 Å². The highest BCUT2D eigenvalue weighted by molar-refractivity contribution is 5.37. The number of hydrogen-bond acceptors (Lipinski definition) is 4. The molecule has 0 bridgehead atoms. The Morgan fingerprint density at radius 1 is 1.08 bits per heavy atom.